The van der Waals surface area contributed by atoms with Crippen LogP contribution in [-0.2, 0) is 6.54 Å². The fourth-order valence-corrected chi connectivity index (χ4v) is 2.40. The molecule has 3 nitrogen and oxygen atoms in total. The molecule has 0 saturated carbocycles. The molecule has 0 aliphatic rings. The molecule has 0 atom stereocenters. The van der Waals surface area contributed by atoms with Gasteiger partial charge >= 0.3 is 0 Å². The number of hydrogen-bond donors (Lipinski definition) is 0. The molecule has 22 heavy (non-hydrogen) atoms. The lowest BCUT2D eigenvalue weighted by Gasteiger charge is -2.08. The van der Waals surface area contributed by atoms with Crippen molar-refractivity contribution in [2.24, 2.45) is 0 Å². The van der Waals surface area contributed by atoms with Crippen LogP contribution in [0.3, 0.4) is 0 Å². The molecule has 0 spiro atoms. The molecule has 0 bridgehead atoms. The summed E-state index contributed by atoms with van der Waals surface area (Å²) in [4.78, 5) is 12.0. The van der Waals surface area contributed by atoms with Crippen LogP contribution in [0, 0.1) is 5.82 Å². The lowest BCUT2D eigenvalue weighted by atomic mass is 10.1. The van der Waals surface area contributed by atoms with Gasteiger partial charge in [0.15, 0.2) is 0 Å². The van der Waals surface area contributed by atoms with Gasteiger partial charge < -0.3 is 0 Å². The first-order valence-corrected chi connectivity index (χ1v) is 7.09. The SMILES string of the molecule is O=c1ccc(-c2ccccc2F)nn1Cc1cccc(Cl)c1. The summed E-state index contributed by atoms with van der Waals surface area (Å²) in [6, 6.07) is 16.4. The Bertz CT molecular complexity index is 876. The Labute approximate surface area is 131 Å². The van der Waals surface area contributed by atoms with E-state index >= 15 is 0 Å². The minimum Gasteiger partial charge on any atom is -0.268 e. The molecule has 1 heterocycles. The van der Waals surface area contributed by atoms with Crippen LogP contribution in [0.1, 0.15) is 5.56 Å². The van der Waals surface area contributed by atoms with E-state index in [0.717, 1.165) is 5.56 Å². The first-order valence-electron chi connectivity index (χ1n) is 6.71. The van der Waals surface area contributed by atoms with Crippen molar-refractivity contribution in [1.82, 2.24) is 9.78 Å². The molecule has 2 aromatic carbocycles. The average Bonchev–Trinajstić information content (AvgIpc) is 2.50. The highest BCUT2D eigenvalue weighted by atomic mass is 35.5. The van der Waals surface area contributed by atoms with E-state index in [4.69, 9.17) is 11.6 Å². The second kappa shape index (κ2) is 6.12. The molecule has 0 saturated heterocycles. The molecule has 0 aliphatic carbocycles. The zero-order chi connectivity index (χ0) is 15.5. The normalized spacial score (nSPS) is 10.6. The highest BCUT2D eigenvalue weighted by Gasteiger charge is 2.08. The van der Waals surface area contributed by atoms with E-state index < -0.39 is 0 Å². The second-order valence-corrected chi connectivity index (χ2v) is 5.26. The smallest absolute Gasteiger partial charge is 0.267 e. The number of hydrogen-bond acceptors (Lipinski definition) is 2. The van der Waals surface area contributed by atoms with Crippen molar-refractivity contribution >= 4 is 11.6 Å². The predicted octanol–water partition coefficient (Wildman–Crippen LogP) is 3.75. The lowest BCUT2D eigenvalue weighted by molar-refractivity contribution is 0.620. The summed E-state index contributed by atoms with van der Waals surface area (Å²) in [6.07, 6.45) is 0. The largest absolute Gasteiger partial charge is 0.268 e. The Balaban J connectivity index is 2.01. The van der Waals surface area contributed by atoms with Crippen LogP contribution in [0.2, 0.25) is 5.02 Å². The van der Waals surface area contributed by atoms with E-state index in [9.17, 15) is 9.18 Å². The summed E-state index contributed by atoms with van der Waals surface area (Å²) in [5.41, 5.74) is 1.38. The number of rotatable bonds is 3. The van der Waals surface area contributed by atoms with Crippen LogP contribution in [0.4, 0.5) is 4.39 Å². The van der Waals surface area contributed by atoms with Crippen LogP contribution in [-0.4, -0.2) is 9.78 Å². The van der Waals surface area contributed by atoms with Crippen LogP contribution in [0.25, 0.3) is 11.3 Å². The zero-order valence-electron chi connectivity index (χ0n) is 11.5. The van der Waals surface area contributed by atoms with Gasteiger partial charge in [-0.05, 0) is 35.9 Å². The molecular weight excluding hydrogens is 303 g/mol. The van der Waals surface area contributed by atoms with Gasteiger partial charge in [-0.2, -0.15) is 5.10 Å². The van der Waals surface area contributed by atoms with E-state index in [-0.39, 0.29) is 17.9 Å². The summed E-state index contributed by atoms with van der Waals surface area (Å²) >= 11 is 5.94. The van der Waals surface area contributed by atoms with Crippen LogP contribution >= 0.6 is 11.6 Å². The maximum atomic E-state index is 13.8. The second-order valence-electron chi connectivity index (χ2n) is 4.82. The Kier molecular flexibility index (Phi) is 4.02. The van der Waals surface area contributed by atoms with Crippen LogP contribution in [0.15, 0.2) is 65.5 Å². The minimum absolute atomic E-state index is 0.250. The summed E-state index contributed by atoms with van der Waals surface area (Å²) in [7, 11) is 0. The fourth-order valence-electron chi connectivity index (χ4n) is 2.18. The Morgan fingerprint density at radius 3 is 2.64 bits per heavy atom. The molecule has 110 valence electrons. The van der Waals surface area contributed by atoms with Crippen molar-refractivity contribution in [2.75, 3.05) is 0 Å². The topological polar surface area (TPSA) is 34.9 Å². The van der Waals surface area contributed by atoms with Crippen LogP contribution in [0.5, 0.6) is 0 Å². The number of aromatic nitrogens is 2. The Morgan fingerprint density at radius 2 is 1.86 bits per heavy atom. The Hall–Kier alpha value is -2.46. The molecule has 0 N–H and O–H groups in total. The number of benzene rings is 2. The lowest BCUT2D eigenvalue weighted by Crippen LogP contribution is -2.22. The standard InChI is InChI=1S/C17H12ClFN2O/c18-13-5-3-4-12(10-13)11-21-17(22)9-8-16(20-21)14-6-1-2-7-15(14)19/h1-10H,11H2. The predicted molar refractivity (Wildman–Crippen MR) is 84.4 cm³/mol. The maximum Gasteiger partial charge on any atom is 0.267 e. The molecule has 3 rings (SSSR count). The number of nitrogens with zero attached hydrogens (tertiary/aromatic N) is 2. The summed E-state index contributed by atoms with van der Waals surface area (Å²) in [6.45, 7) is 0.279. The van der Waals surface area contributed by atoms with Crippen molar-refractivity contribution in [3.05, 3.63) is 87.4 Å². The highest BCUT2D eigenvalue weighted by molar-refractivity contribution is 6.30. The first-order chi connectivity index (χ1) is 10.6. The van der Waals surface area contributed by atoms with Gasteiger partial charge in [0.1, 0.15) is 5.82 Å². The van der Waals surface area contributed by atoms with Crippen molar-refractivity contribution in [3.8, 4) is 11.3 Å². The zero-order valence-corrected chi connectivity index (χ0v) is 12.3. The van der Waals surface area contributed by atoms with Gasteiger partial charge in [0.25, 0.3) is 5.56 Å². The van der Waals surface area contributed by atoms with Gasteiger partial charge in [0.05, 0.1) is 12.2 Å². The van der Waals surface area contributed by atoms with Crippen molar-refractivity contribution in [2.45, 2.75) is 6.54 Å². The number of halogens is 2. The van der Waals surface area contributed by atoms with Gasteiger partial charge in [-0.25, -0.2) is 9.07 Å². The quantitative estimate of drug-likeness (QED) is 0.738. The van der Waals surface area contributed by atoms with Gasteiger partial charge in [0, 0.05) is 16.7 Å². The molecule has 1 aromatic heterocycles. The molecule has 5 heteroatoms. The molecule has 0 unspecified atom stereocenters. The van der Waals surface area contributed by atoms with Gasteiger partial charge in [-0.1, -0.05) is 35.9 Å². The summed E-state index contributed by atoms with van der Waals surface area (Å²) in [5.74, 6) is -0.372. The van der Waals surface area contributed by atoms with Crippen LogP contribution < -0.4 is 5.56 Å². The maximum absolute atomic E-state index is 13.8. The third-order valence-corrected chi connectivity index (χ3v) is 3.47. The molecule has 0 aliphatic heterocycles. The molecule has 0 fully saturated rings. The van der Waals surface area contributed by atoms with Gasteiger partial charge in [-0.3, -0.25) is 4.79 Å². The highest BCUT2D eigenvalue weighted by Crippen LogP contribution is 2.19. The van der Waals surface area contributed by atoms with Gasteiger partial charge in [-0.15, -0.1) is 0 Å². The fraction of sp³-hybridized carbons (Fsp3) is 0.0588. The molecular formula is C17H12ClFN2O. The van der Waals surface area contributed by atoms with Gasteiger partial charge in [0.2, 0.25) is 0 Å². The third kappa shape index (κ3) is 3.07. The third-order valence-electron chi connectivity index (χ3n) is 3.24. The summed E-state index contributed by atoms with van der Waals surface area (Å²) in [5, 5.41) is 4.84. The van der Waals surface area contributed by atoms with E-state index in [0.29, 0.717) is 16.3 Å². The van der Waals surface area contributed by atoms with Crippen molar-refractivity contribution in [1.29, 1.82) is 0 Å². The Morgan fingerprint density at radius 1 is 1.05 bits per heavy atom. The average molecular weight is 315 g/mol. The first kappa shape index (κ1) is 14.5. The van der Waals surface area contributed by atoms with Crippen molar-refractivity contribution < 1.29 is 4.39 Å². The minimum atomic E-state index is -0.372. The summed E-state index contributed by atoms with van der Waals surface area (Å²) < 4.78 is 15.1. The molecule has 0 radical (unpaired) electrons. The molecule has 3 aromatic rings. The molecule has 0 amide bonds. The van der Waals surface area contributed by atoms with E-state index in [1.807, 2.05) is 12.1 Å². The monoisotopic (exact) mass is 314 g/mol. The van der Waals surface area contributed by atoms with E-state index in [1.54, 1.807) is 30.3 Å². The van der Waals surface area contributed by atoms with E-state index in [1.165, 1.54) is 22.9 Å². The van der Waals surface area contributed by atoms with E-state index in [2.05, 4.69) is 5.10 Å². The van der Waals surface area contributed by atoms with Crippen molar-refractivity contribution in [3.63, 3.8) is 0 Å².